The molecule has 0 saturated carbocycles. The lowest BCUT2D eigenvalue weighted by Gasteiger charge is -2.08. The summed E-state index contributed by atoms with van der Waals surface area (Å²) in [6, 6.07) is -0.682. The zero-order valence-electron chi connectivity index (χ0n) is 6.74. The van der Waals surface area contributed by atoms with Crippen molar-refractivity contribution < 1.29 is 19.5 Å². The first kappa shape index (κ1) is 10.6. The van der Waals surface area contributed by atoms with Gasteiger partial charge in [0.2, 0.25) is 5.91 Å². The van der Waals surface area contributed by atoms with E-state index >= 15 is 0 Å². The monoisotopic (exact) mass is 173 g/mol. The van der Waals surface area contributed by atoms with Crippen molar-refractivity contribution in [2.24, 2.45) is 0 Å². The van der Waals surface area contributed by atoms with Crippen molar-refractivity contribution in [3.05, 3.63) is 0 Å². The maximum absolute atomic E-state index is 10.4. The molecule has 0 saturated heterocycles. The molecule has 5 nitrogen and oxygen atoms in total. The summed E-state index contributed by atoms with van der Waals surface area (Å²) in [5.74, 6) is -1.32. The van der Waals surface area contributed by atoms with Crippen LogP contribution >= 0.6 is 0 Å². The Morgan fingerprint density at radius 2 is 2.17 bits per heavy atom. The van der Waals surface area contributed by atoms with Gasteiger partial charge in [-0.1, -0.05) is 0 Å². The Labute approximate surface area is 69.8 Å². The van der Waals surface area contributed by atoms with Gasteiger partial charge in [-0.25, -0.2) is 0 Å². The first-order chi connectivity index (χ1) is 5.56. The zero-order valence-corrected chi connectivity index (χ0v) is 6.74. The van der Waals surface area contributed by atoms with Gasteiger partial charge < -0.3 is 15.2 Å². The Hall–Kier alpha value is -1.39. The lowest BCUT2D eigenvalue weighted by atomic mass is 10.2. The molecule has 0 aromatic carbocycles. The molecule has 0 aromatic rings. The second kappa shape index (κ2) is 5.29. The molecule has 2 N–H and O–H groups in total. The van der Waals surface area contributed by atoms with Gasteiger partial charge in [-0.15, -0.1) is 0 Å². The van der Waals surface area contributed by atoms with Crippen LogP contribution in [-0.4, -0.2) is 29.3 Å². The number of aldehydes is 1. The third-order valence-electron chi connectivity index (χ3n) is 1.22. The van der Waals surface area contributed by atoms with Gasteiger partial charge in [-0.2, -0.15) is 0 Å². The first-order valence-corrected chi connectivity index (χ1v) is 3.50. The Kier molecular flexibility index (Phi) is 4.67. The highest BCUT2D eigenvalue weighted by Crippen LogP contribution is 1.94. The van der Waals surface area contributed by atoms with E-state index in [1.54, 1.807) is 0 Å². The standard InChI is InChI=1S/C7H11NO4/c1-5(10)8-6(4-9)2-3-7(11)12/h4,6H,2-3H2,1H3,(H,8,10)(H,11,12)/t6-/m0/s1. The van der Waals surface area contributed by atoms with Crippen LogP contribution in [0.15, 0.2) is 0 Å². The van der Waals surface area contributed by atoms with Crippen molar-refractivity contribution in [2.75, 3.05) is 0 Å². The first-order valence-electron chi connectivity index (χ1n) is 3.50. The molecular weight excluding hydrogens is 162 g/mol. The molecule has 0 heterocycles. The second-order valence-corrected chi connectivity index (χ2v) is 2.38. The molecule has 12 heavy (non-hydrogen) atoms. The van der Waals surface area contributed by atoms with Crippen LogP contribution in [0.3, 0.4) is 0 Å². The minimum atomic E-state index is -0.979. The Morgan fingerprint density at radius 1 is 1.58 bits per heavy atom. The molecule has 0 fully saturated rings. The van der Waals surface area contributed by atoms with Gasteiger partial charge in [0.15, 0.2) is 0 Å². The van der Waals surface area contributed by atoms with Crippen LogP contribution in [-0.2, 0) is 14.4 Å². The topological polar surface area (TPSA) is 83.5 Å². The quantitative estimate of drug-likeness (QED) is 0.552. The van der Waals surface area contributed by atoms with Crippen molar-refractivity contribution in [2.45, 2.75) is 25.8 Å². The van der Waals surface area contributed by atoms with Crippen LogP contribution in [0.1, 0.15) is 19.8 Å². The van der Waals surface area contributed by atoms with E-state index in [1.807, 2.05) is 0 Å². The molecule has 0 bridgehead atoms. The van der Waals surface area contributed by atoms with E-state index in [0.717, 1.165) is 0 Å². The molecule has 1 amide bonds. The van der Waals surface area contributed by atoms with Gasteiger partial charge in [0, 0.05) is 13.3 Å². The Balaban J connectivity index is 3.75. The molecule has 68 valence electrons. The van der Waals surface area contributed by atoms with Crippen molar-refractivity contribution in [1.82, 2.24) is 5.32 Å². The highest BCUT2D eigenvalue weighted by atomic mass is 16.4. The smallest absolute Gasteiger partial charge is 0.303 e. The summed E-state index contributed by atoms with van der Waals surface area (Å²) in [5.41, 5.74) is 0. The number of nitrogens with one attached hydrogen (secondary N) is 1. The van der Waals surface area contributed by atoms with Crippen LogP contribution in [0.4, 0.5) is 0 Å². The van der Waals surface area contributed by atoms with Gasteiger partial charge in [-0.05, 0) is 6.42 Å². The molecule has 0 radical (unpaired) electrons. The predicted molar refractivity (Wildman–Crippen MR) is 40.5 cm³/mol. The van der Waals surface area contributed by atoms with Gasteiger partial charge in [-0.3, -0.25) is 9.59 Å². The Bertz CT molecular complexity index is 190. The van der Waals surface area contributed by atoms with Gasteiger partial charge >= 0.3 is 5.97 Å². The molecule has 0 aliphatic rings. The van der Waals surface area contributed by atoms with E-state index in [4.69, 9.17) is 5.11 Å². The normalized spacial score (nSPS) is 11.8. The van der Waals surface area contributed by atoms with Gasteiger partial charge in [0.1, 0.15) is 6.29 Å². The number of carboxylic acid groups (broad SMARTS) is 1. The molecular formula is C7H11NO4. The minimum Gasteiger partial charge on any atom is -0.481 e. The molecule has 0 aromatic heterocycles. The number of carbonyl (C=O) groups excluding carboxylic acids is 2. The van der Waals surface area contributed by atoms with E-state index in [2.05, 4.69) is 5.32 Å². The van der Waals surface area contributed by atoms with Crippen LogP contribution in [0.5, 0.6) is 0 Å². The molecule has 0 aliphatic carbocycles. The second-order valence-electron chi connectivity index (χ2n) is 2.38. The summed E-state index contributed by atoms with van der Waals surface area (Å²) in [5, 5.41) is 10.6. The molecule has 0 spiro atoms. The Morgan fingerprint density at radius 3 is 2.50 bits per heavy atom. The highest BCUT2D eigenvalue weighted by Gasteiger charge is 2.09. The third-order valence-corrected chi connectivity index (χ3v) is 1.22. The maximum atomic E-state index is 10.4. The number of rotatable bonds is 5. The molecule has 1 atom stereocenters. The predicted octanol–water partition coefficient (Wildman–Crippen LogP) is -0.445. The van der Waals surface area contributed by atoms with Crippen LogP contribution in [0, 0.1) is 0 Å². The SMILES string of the molecule is CC(=O)N[C@H](C=O)CCC(=O)O. The summed E-state index contributed by atoms with van der Waals surface area (Å²) in [6.07, 6.45) is 0.548. The van der Waals surface area contributed by atoms with Crippen LogP contribution in [0.2, 0.25) is 0 Å². The van der Waals surface area contributed by atoms with E-state index < -0.39 is 12.0 Å². The molecule has 0 aliphatic heterocycles. The fourth-order valence-electron chi connectivity index (χ4n) is 0.714. The number of carboxylic acids is 1. The largest absolute Gasteiger partial charge is 0.481 e. The highest BCUT2D eigenvalue weighted by molar-refractivity contribution is 5.77. The number of hydrogen-bond donors (Lipinski definition) is 2. The zero-order chi connectivity index (χ0) is 9.56. The number of hydrogen-bond acceptors (Lipinski definition) is 3. The summed E-state index contributed by atoms with van der Waals surface area (Å²) >= 11 is 0. The van der Waals surface area contributed by atoms with E-state index in [0.29, 0.717) is 6.29 Å². The van der Waals surface area contributed by atoms with Gasteiger partial charge in [0.25, 0.3) is 0 Å². The molecule has 0 unspecified atom stereocenters. The van der Waals surface area contributed by atoms with E-state index in [9.17, 15) is 14.4 Å². The third kappa shape index (κ3) is 5.40. The lowest BCUT2D eigenvalue weighted by molar-refractivity contribution is -0.137. The minimum absolute atomic E-state index is 0.121. The summed E-state index contributed by atoms with van der Waals surface area (Å²) in [6.45, 7) is 1.28. The van der Waals surface area contributed by atoms with E-state index in [1.165, 1.54) is 6.92 Å². The maximum Gasteiger partial charge on any atom is 0.303 e. The average Bonchev–Trinajstić information content (AvgIpc) is 1.97. The van der Waals surface area contributed by atoms with Gasteiger partial charge in [0.05, 0.1) is 6.04 Å². The molecule has 5 heteroatoms. The number of amides is 1. The fraction of sp³-hybridized carbons (Fsp3) is 0.571. The summed E-state index contributed by atoms with van der Waals surface area (Å²) < 4.78 is 0. The van der Waals surface area contributed by atoms with Crippen LogP contribution in [0.25, 0.3) is 0 Å². The fourth-order valence-corrected chi connectivity index (χ4v) is 0.714. The van der Waals surface area contributed by atoms with Crippen molar-refractivity contribution in [1.29, 1.82) is 0 Å². The average molecular weight is 173 g/mol. The van der Waals surface area contributed by atoms with Crippen LogP contribution < -0.4 is 5.32 Å². The molecule has 0 rings (SSSR count). The number of carbonyl (C=O) groups is 3. The summed E-state index contributed by atoms with van der Waals surface area (Å²) in [4.78, 5) is 30.8. The number of aliphatic carboxylic acids is 1. The van der Waals surface area contributed by atoms with Crippen molar-refractivity contribution >= 4 is 18.2 Å². The summed E-state index contributed by atoms with van der Waals surface area (Å²) in [7, 11) is 0. The van der Waals surface area contributed by atoms with Crippen molar-refractivity contribution in [3.8, 4) is 0 Å². The lowest BCUT2D eigenvalue weighted by Crippen LogP contribution is -2.34. The van der Waals surface area contributed by atoms with E-state index in [-0.39, 0.29) is 18.7 Å². The van der Waals surface area contributed by atoms with Crippen molar-refractivity contribution in [3.63, 3.8) is 0 Å².